The summed E-state index contributed by atoms with van der Waals surface area (Å²) in [5.41, 5.74) is 1.44. The number of carbonyl (C=O) groups is 3. The van der Waals surface area contributed by atoms with Crippen LogP contribution in [0.3, 0.4) is 0 Å². The van der Waals surface area contributed by atoms with E-state index < -0.39 is 0 Å². The summed E-state index contributed by atoms with van der Waals surface area (Å²) >= 11 is 0. The number of ether oxygens (including phenoxy) is 1. The molecule has 8 nitrogen and oxygen atoms in total. The number of rotatable bonds is 4. The topological polar surface area (TPSA) is 83.0 Å². The summed E-state index contributed by atoms with van der Waals surface area (Å²) in [7, 11) is 1.68. The Morgan fingerprint density at radius 3 is 2.28 bits per heavy atom. The van der Waals surface area contributed by atoms with Crippen molar-refractivity contribution in [1.29, 1.82) is 0 Å². The highest BCUT2D eigenvalue weighted by molar-refractivity contribution is 6.07. The first-order valence-electron chi connectivity index (χ1n) is 9.50. The van der Waals surface area contributed by atoms with Crippen molar-refractivity contribution in [2.24, 2.45) is 0 Å². The Morgan fingerprint density at radius 1 is 1.00 bits per heavy atom. The molecule has 0 spiro atoms. The Morgan fingerprint density at radius 2 is 1.62 bits per heavy atom. The quantitative estimate of drug-likeness (QED) is 0.792. The van der Waals surface area contributed by atoms with Gasteiger partial charge >= 0.3 is 6.09 Å². The average molecular weight is 396 g/mol. The number of anilines is 1. The lowest BCUT2D eigenvalue weighted by Gasteiger charge is -2.34. The van der Waals surface area contributed by atoms with E-state index in [-0.39, 0.29) is 17.9 Å². The number of carbonyl (C=O) groups excluding carboxylic acids is 3. The molecule has 1 aliphatic rings. The molecule has 0 N–H and O–H groups in total. The van der Waals surface area contributed by atoms with Gasteiger partial charge in [0.25, 0.3) is 11.8 Å². The second-order valence-corrected chi connectivity index (χ2v) is 6.64. The lowest BCUT2D eigenvalue weighted by molar-refractivity contribution is 0.0570. The van der Waals surface area contributed by atoms with Crippen LogP contribution in [-0.4, -0.2) is 72.5 Å². The smallest absolute Gasteiger partial charge is 0.409 e. The minimum atomic E-state index is -0.363. The Kier molecular flexibility index (Phi) is 6.43. The zero-order valence-corrected chi connectivity index (χ0v) is 16.6. The first-order chi connectivity index (χ1) is 14.0. The maximum Gasteiger partial charge on any atom is 0.409 e. The van der Waals surface area contributed by atoms with Crippen LogP contribution in [0.2, 0.25) is 0 Å². The molecule has 0 atom stereocenters. The van der Waals surface area contributed by atoms with Gasteiger partial charge in [0.15, 0.2) is 0 Å². The molecule has 1 aromatic heterocycles. The van der Waals surface area contributed by atoms with Crippen LogP contribution in [-0.2, 0) is 4.74 Å². The standard InChI is InChI=1S/C21H24N4O4/c1-3-29-21(28)25-11-9-24(10-12-25)20(27)17-13-16(14-22-15-17)19(26)23(2)18-7-5-4-6-8-18/h4-8,13-15H,3,9-12H2,1-2H3. The third kappa shape index (κ3) is 4.71. The predicted octanol–water partition coefficient (Wildman–Crippen LogP) is 2.27. The predicted molar refractivity (Wildman–Crippen MR) is 108 cm³/mol. The summed E-state index contributed by atoms with van der Waals surface area (Å²) < 4.78 is 4.99. The highest BCUT2D eigenvalue weighted by atomic mass is 16.6. The SMILES string of the molecule is CCOC(=O)N1CCN(C(=O)c2cncc(C(=O)N(C)c3ccccc3)c2)CC1. The van der Waals surface area contributed by atoms with E-state index in [4.69, 9.17) is 4.74 Å². The maximum atomic E-state index is 12.8. The molecular formula is C21H24N4O4. The molecule has 1 aliphatic heterocycles. The monoisotopic (exact) mass is 396 g/mol. The Balaban J connectivity index is 1.67. The van der Waals surface area contributed by atoms with E-state index >= 15 is 0 Å². The molecule has 0 saturated carbocycles. The van der Waals surface area contributed by atoms with Gasteiger partial charge in [-0.1, -0.05) is 18.2 Å². The minimum absolute atomic E-state index is 0.210. The van der Waals surface area contributed by atoms with Gasteiger partial charge in [-0.25, -0.2) is 4.79 Å². The summed E-state index contributed by atoms with van der Waals surface area (Å²) in [6.07, 6.45) is 2.55. The summed E-state index contributed by atoms with van der Waals surface area (Å²) in [5, 5.41) is 0. The van der Waals surface area contributed by atoms with Crippen LogP contribution in [0.4, 0.5) is 10.5 Å². The number of hydrogen-bond donors (Lipinski definition) is 0. The summed E-state index contributed by atoms with van der Waals surface area (Å²) in [5.74, 6) is -0.455. The van der Waals surface area contributed by atoms with E-state index in [0.717, 1.165) is 5.69 Å². The zero-order chi connectivity index (χ0) is 20.8. The molecule has 0 bridgehead atoms. The number of benzene rings is 1. The van der Waals surface area contributed by atoms with E-state index in [1.54, 1.807) is 29.8 Å². The lowest BCUT2D eigenvalue weighted by Crippen LogP contribution is -2.50. The van der Waals surface area contributed by atoms with Crippen molar-refractivity contribution in [3.05, 3.63) is 59.9 Å². The maximum absolute atomic E-state index is 12.8. The van der Waals surface area contributed by atoms with Gasteiger partial charge < -0.3 is 19.4 Å². The van der Waals surface area contributed by atoms with Crippen molar-refractivity contribution in [2.75, 3.05) is 44.7 Å². The van der Waals surface area contributed by atoms with Crippen molar-refractivity contribution in [3.8, 4) is 0 Å². The van der Waals surface area contributed by atoms with Gasteiger partial charge in [-0.2, -0.15) is 0 Å². The number of hydrogen-bond acceptors (Lipinski definition) is 5. The number of nitrogens with zero attached hydrogens (tertiary/aromatic N) is 4. The molecular weight excluding hydrogens is 372 g/mol. The Labute approximate surface area is 169 Å². The minimum Gasteiger partial charge on any atom is -0.450 e. The largest absolute Gasteiger partial charge is 0.450 e. The summed E-state index contributed by atoms with van der Waals surface area (Å²) in [6, 6.07) is 10.8. The fourth-order valence-corrected chi connectivity index (χ4v) is 3.13. The number of amides is 3. The van der Waals surface area contributed by atoms with Gasteiger partial charge in [0.05, 0.1) is 17.7 Å². The average Bonchev–Trinajstić information content (AvgIpc) is 2.78. The molecule has 0 aliphatic carbocycles. The van der Waals surface area contributed by atoms with Gasteiger partial charge in [0.1, 0.15) is 0 Å². The van der Waals surface area contributed by atoms with Gasteiger partial charge in [0, 0.05) is 51.3 Å². The van der Waals surface area contributed by atoms with Crippen LogP contribution >= 0.6 is 0 Å². The van der Waals surface area contributed by atoms with Crippen LogP contribution in [0.5, 0.6) is 0 Å². The third-order valence-corrected chi connectivity index (χ3v) is 4.77. The molecule has 0 unspecified atom stereocenters. The zero-order valence-electron chi connectivity index (χ0n) is 16.6. The molecule has 152 valence electrons. The molecule has 8 heteroatoms. The van der Waals surface area contributed by atoms with E-state index in [2.05, 4.69) is 4.98 Å². The number of pyridine rings is 1. The second-order valence-electron chi connectivity index (χ2n) is 6.64. The first-order valence-corrected chi connectivity index (χ1v) is 9.50. The third-order valence-electron chi connectivity index (χ3n) is 4.77. The molecule has 0 radical (unpaired) electrons. The number of para-hydroxylation sites is 1. The molecule has 1 aromatic carbocycles. The van der Waals surface area contributed by atoms with Crippen molar-refractivity contribution < 1.29 is 19.1 Å². The molecule has 3 rings (SSSR count). The fraction of sp³-hybridized carbons (Fsp3) is 0.333. The van der Waals surface area contributed by atoms with Crippen LogP contribution in [0, 0.1) is 0 Å². The van der Waals surface area contributed by atoms with E-state index in [0.29, 0.717) is 43.9 Å². The van der Waals surface area contributed by atoms with E-state index in [1.165, 1.54) is 17.3 Å². The van der Waals surface area contributed by atoms with Crippen molar-refractivity contribution in [1.82, 2.24) is 14.8 Å². The molecule has 1 fully saturated rings. The number of aromatic nitrogens is 1. The molecule has 1 saturated heterocycles. The van der Waals surface area contributed by atoms with Crippen molar-refractivity contribution in [2.45, 2.75) is 6.92 Å². The van der Waals surface area contributed by atoms with E-state index in [1.807, 2.05) is 30.3 Å². The van der Waals surface area contributed by atoms with Crippen LogP contribution in [0.1, 0.15) is 27.6 Å². The van der Waals surface area contributed by atoms with Crippen LogP contribution < -0.4 is 4.90 Å². The molecule has 2 aromatic rings. The number of piperazine rings is 1. The van der Waals surface area contributed by atoms with Gasteiger partial charge in [-0.3, -0.25) is 14.6 Å². The van der Waals surface area contributed by atoms with Crippen molar-refractivity contribution in [3.63, 3.8) is 0 Å². The second kappa shape index (κ2) is 9.18. The summed E-state index contributed by atoms with van der Waals surface area (Å²) in [6.45, 7) is 3.70. The fourth-order valence-electron chi connectivity index (χ4n) is 3.13. The lowest BCUT2D eigenvalue weighted by atomic mass is 10.1. The van der Waals surface area contributed by atoms with Crippen molar-refractivity contribution >= 4 is 23.6 Å². The van der Waals surface area contributed by atoms with Gasteiger partial charge in [-0.05, 0) is 25.1 Å². The normalized spacial score (nSPS) is 13.7. The molecule has 3 amide bonds. The molecule has 2 heterocycles. The van der Waals surface area contributed by atoms with Gasteiger partial charge in [0.2, 0.25) is 0 Å². The highest BCUT2D eigenvalue weighted by Crippen LogP contribution is 2.16. The first kappa shape index (κ1) is 20.3. The Hall–Kier alpha value is -3.42. The Bertz CT molecular complexity index is 879. The van der Waals surface area contributed by atoms with Gasteiger partial charge in [-0.15, -0.1) is 0 Å². The van der Waals surface area contributed by atoms with E-state index in [9.17, 15) is 14.4 Å². The molecule has 29 heavy (non-hydrogen) atoms. The highest BCUT2D eigenvalue weighted by Gasteiger charge is 2.26. The van der Waals surface area contributed by atoms with Crippen LogP contribution in [0.15, 0.2) is 48.8 Å². The van der Waals surface area contributed by atoms with Crippen LogP contribution in [0.25, 0.3) is 0 Å². The summed E-state index contributed by atoms with van der Waals surface area (Å²) in [4.78, 5) is 46.3.